The Morgan fingerprint density at radius 1 is 0.841 bits per heavy atom. The summed E-state index contributed by atoms with van der Waals surface area (Å²) in [5.41, 5.74) is 1.63. The molecule has 0 radical (unpaired) electrons. The van der Waals surface area contributed by atoms with Crippen LogP contribution in [0.1, 0.15) is 40.7 Å². The highest BCUT2D eigenvalue weighted by Crippen LogP contribution is 2.39. The average molecular weight is 628 g/mol. The van der Waals surface area contributed by atoms with Gasteiger partial charge >= 0.3 is 5.97 Å². The lowest BCUT2D eigenvalue weighted by atomic mass is 10.1. The van der Waals surface area contributed by atoms with Gasteiger partial charge in [-0.3, -0.25) is 9.59 Å². The molecule has 1 aliphatic heterocycles. The van der Waals surface area contributed by atoms with Crippen molar-refractivity contribution in [2.45, 2.75) is 38.8 Å². The van der Waals surface area contributed by atoms with E-state index < -0.39 is 30.5 Å². The minimum absolute atomic E-state index is 0.0401. The molecule has 1 fully saturated rings. The minimum Gasteiger partial charge on any atom is -0.497 e. The Hall–Kier alpha value is -4.32. The van der Waals surface area contributed by atoms with Crippen molar-refractivity contribution < 1.29 is 47.6 Å². The summed E-state index contributed by atoms with van der Waals surface area (Å²) in [4.78, 5) is 43.8. The number of carbonyl (C=O) groups is 3. The Morgan fingerprint density at radius 3 is 2.00 bits per heavy atom. The van der Waals surface area contributed by atoms with Crippen LogP contribution in [-0.4, -0.2) is 63.5 Å². The molecule has 0 N–H and O–H groups in total. The van der Waals surface area contributed by atoms with Crippen molar-refractivity contribution in [1.29, 1.82) is 0 Å². The van der Waals surface area contributed by atoms with Crippen LogP contribution in [0.15, 0.2) is 60.7 Å². The summed E-state index contributed by atoms with van der Waals surface area (Å²) in [7, 11) is 4.24. The number of esters is 1. The first-order valence-electron chi connectivity index (χ1n) is 13.9. The van der Waals surface area contributed by atoms with Crippen LogP contribution in [0.25, 0.3) is 0 Å². The van der Waals surface area contributed by atoms with E-state index in [9.17, 15) is 14.4 Å². The highest BCUT2D eigenvalue weighted by atomic mass is 35.5. The molecule has 234 valence electrons. The van der Waals surface area contributed by atoms with E-state index >= 15 is 0 Å². The molecule has 0 saturated carbocycles. The second-order valence-corrected chi connectivity index (χ2v) is 10.1. The van der Waals surface area contributed by atoms with Gasteiger partial charge in [0.25, 0.3) is 11.7 Å². The summed E-state index contributed by atoms with van der Waals surface area (Å²) in [6.07, 6.45) is 1.36. The Bertz CT molecular complexity index is 1420. The number of carbonyl (C=O) groups excluding carboxylic acids is 3. The van der Waals surface area contributed by atoms with Gasteiger partial charge in [0.05, 0.1) is 31.9 Å². The molecule has 1 unspecified atom stereocenters. The molecule has 0 spiro atoms. The number of nitrogens with zero attached hydrogens (tertiary/aromatic N) is 1. The monoisotopic (exact) mass is 627 g/mol. The van der Waals surface area contributed by atoms with Gasteiger partial charge in [-0.1, -0.05) is 35.9 Å². The van der Waals surface area contributed by atoms with Crippen molar-refractivity contribution in [3.8, 4) is 23.0 Å². The molecular formula is C32H34ClNO10. The third-order valence-corrected chi connectivity index (χ3v) is 7.07. The summed E-state index contributed by atoms with van der Waals surface area (Å²) in [5.74, 6) is -1.10. The van der Waals surface area contributed by atoms with Crippen molar-refractivity contribution in [2.24, 2.45) is 0 Å². The Balaban J connectivity index is 1.63. The van der Waals surface area contributed by atoms with E-state index in [4.69, 9.17) is 40.1 Å². The summed E-state index contributed by atoms with van der Waals surface area (Å²) in [5, 5.41) is 0.695. The van der Waals surface area contributed by atoms with Crippen molar-refractivity contribution in [3.05, 3.63) is 82.4 Å². The quantitative estimate of drug-likeness (QED) is 0.135. The molecule has 1 atom stereocenters. The van der Waals surface area contributed by atoms with Crippen molar-refractivity contribution in [1.82, 2.24) is 5.06 Å². The van der Waals surface area contributed by atoms with E-state index in [2.05, 4.69) is 4.74 Å². The maximum atomic E-state index is 13.8. The molecule has 1 amide bonds. The molecule has 0 aliphatic carbocycles. The zero-order chi connectivity index (χ0) is 31.5. The van der Waals surface area contributed by atoms with Crippen molar-refractivity contribution >= 4 is 29.3 Å². The van der Waals surface area contributed by atoms with Crippen LogP contribution in [0.2, 0.25) is 5.02 Å². The van der Waals surface area contributed by atoms with Gasteiger partial charge in [-0.2, -0.15) is 0 Å². The van der Waals surface area contributed by atoms with Crippen molar-refractivity contribution in [2.75, 3.05) is 34.5 Å². The van der Waals surface area contributed by atoms with Gasteiger partial charge in [0, 0.05) is 13.0 Å². The average Bonchev–Trinajstić information content (AvgIpc) is 3.06. The number of Topliss-reactive ketones (excluding diaryl/α,β-unsaturated/α-hetero) is 1. The fourth-order valence-electron chi connectivity index (χ4n) is 4.25. The van der Waals surface area contributed by atoms with Crippen LogP contribution in [0.5, 0.6) is 23.0 Å². The number of hydrogen-bond acceptors (Lipinski definition) is 10. The third-order valence-electron chi connectivity index (χ3n) is 6.70. The van der Waals surface area contributed by atoms with E-state index in [1.54, 1.807) is 32.4 Å². The van der Waals surface area contributed by atoms with E-state index in [-0.39, 0.29) is 35.3 Å². The number of methoxy groups -OCH3 is 3. The molecule has 11 nitrogen and oxygen atoms in total. The third kappa shape index (κ3) is 8.62. The van der Waals surface area contributed by atoms with Crippen LogP contribution in [0.4, 0.5) is 0 Å². The summed E-state index contributed by atoms with van der Waals surface area (Å²) < 4.78 is 32.7. The van der Waals surface area contributed by atoms with E-state index in [0.29, 0.717) is 24.5 Å². The number of benzene rings is 3. The molecule has 0 bridgehead atoms. The molecule has 12 heteroatoms. The standard InChI is InChI=1S/C32H34ClNO10/c1-38-23-11-7-21(8-12-23)19-42-27-16-15-25(29(33)30(27)43-20-22-9-13-24(39-2)14-10-22)31(36)34(18-26(35)32(37)40-3)44-28-6-4-5-17-41-28/h7-16,28H,4-6,17-20H2,1-3H3. The molecule has 44 heavy (non-hydrogen) atoms. The van der Waals surface area contributed by atoms with Crippen LogP contribution in [0, 0.1) is 0 Å². The summed E-state index contributed by atoms with van der Waals surface area (Å²) in [6, 6.07) is 17.6. The fourth-order valence-corrected chi connectivity index (χ4v) is 4.54. The number of ketones is 1. The SMILES string of the molecule is COC(=O)C(=O)CN(OC1CCCCO1)C(=O)c1ccc(OCc2ccc(OC)cc2)c(OCc2ccc(OC)cc2)c1Cl. The minimum atomic E-state index is -1.12. The van der Waals surface area contributed by atoms with Gasteiger partial charge in [0.2, 0.25) is 0 Å². The zero-order valence-corrected chi connectivity index (χ0v) is 25.5. The molecule has 1 aliphatic rings. The number of hydroxylamine groups is 2. The second kappa shape index (κ2) is 15.9. The molecule has 1 saturated heterocycles. The largest absolute Gasteiger partial charge is 0.497 e. The Kier molecular flexibility index (Phi) is 11.8. The molecule has 4 rings (SSSR count). The number of hydrogen-bond donors (Lipinski definition) is 0. The smallest absolute Gasteiger partial charge is 0.376 e. The topological polar surface area (TPSA) is 119 Å². The number of halogens is 1. The predicted octanol–water partition coefficient (Wildman–Crippen LogP) is 5.16. The van der Waals surface area contributed by atoms with Crippen LogP contribution in [-0.2, 0) is 37.1 Å². The van der Waals surface area contributed by atoms with Crippen LogP contribution < -0.4 is 18.9 Å². The summed E-state index contributed by atoms with van der Waals surface area (Å²) >= 11 is 6.80. The van der Waals surface area contributed by atoms with Gasteiger partial charge in [0.1, 0.15) is 31.3 Å². The Morgan fingerprint density at radius 2 is 1.45 bits per heavy atom. The normalized spacial score (nSPS) is 14.3. The lowest BCUT2D eigenvalue weighted by Gasteiger charge is -2.29. The van der Waals surface area contributed by atoms with Gasteiger partial charge in [-0.15, -0.1) is 0 Å². The van der Waals surface area contributed by atoms with Crippen molar-refractivity contribution in [3.63, 3.8) is 0 Å². The zero-order valence-electron chi connectivity index (χ0n) is 24.7. The first kappa shape index (κ1) is 32.6. The highest BCUT2D eigenvalue weighted by molar-refractivity contribution is 6.36. The lowest BCUT2D eigenvalue weighted by molar-refractivity contribution is -0.265. The second-order valence-electron chi connectivity index (χ2n) is 9.69. The van der Waals surface area contributed by atoms with E-state index in [0.717, 1.165) is 36.1 Å². The Labute approximate surface area is 260 Å². The first-order chi connectivity index (χ1) is 21.3. The maximum Gasteiger partial charge on any atom is 0.376 e. The van der Waals surface area contributed by atoms with Crippen LogP contribution >= 0.6 is 11.6 Å². The van der Waals surface area contributed by atoms with Gasteiger partial charge < -0.3 is 28.4 Å². The maximum absolute atomic E-state index is 13.8. The lowest BCUT2D eigenvalue weighted by Crippen LogP contribution is -2.42. The molecule has 0 aromatic heterocycles. The molecular weight excluding hydrogens is 594 g/mol. The number of ether oxygens (including phenoxy) is 6. The number of rotatable bonds is 14. The van der Waals surface area contributed by atoms with Gasteiger partial charge in [-0.25, -0.2) is 14.7 Å². The highest BCUT2D eigenvalue weighted by Gasteiger charge is 2.31. The molecule has 3 aromatic rings. The molecule has 1 heterocycles. The fraction of sp³-hybridized carbons (Fsp3) is 0.344. The number of amides is 1. The predicted molar refractivity (Wildman–Crippen MR) is 159 cm³/mol. The van der Waals surface area contributed by atoms with E-state index in [1.807, 2.05) is 36.4 Å². The first-order valence-corrected chi connectivity index (χ1v) is 14.3. The van der Waals surface area contributed by atoms with Gasteiger partial charge in [0.15, 0.2) is 17.8 Å². The van der Waals surface area contributed by atoms with Gasteiger partial charge in [-0.05, 0) is 60.4 Å². The van der Waals surface area contributed by atoms with Crippen LogP contribution in [0.3, 0.4) is 0 Å². The molecule has 3 aromatic carbocycles. The summed E-state index contributed by atoms with van der Waals surface area (Å²) in [6.45, 7) is -0.00690. The van der Waals surface area contributed by atoms with E-state index in [1.165, 1.54) is 6.07 Å².